The molecule has 0 spiro atoms. The minimum absolute atomic E-state index is 0.0209. The highest BCUT2D eigenvalue weighted by Crippen LogP contribution is 2.52. The fourth-order valence-electron chi connectivity index (χ4n) is 11.2. The minimum Gasteiger partial charge on any atom is -0.455 e. The maximum absolute atomic E-state index is 12.7. The van der Waals surface area contributed by atoms with Gasteiger partial charge in [-0.25, -0.2) is 18.5 Å². The van der Waals surface area contributed by atoms with Crippen LogP contribution in [0.5, 0.6) is 11.5 Å². The molecule has 2 amide bonds. The van der Waals surface area contributed by atoms with Crippen molar-refractivity contribution < 1.29 is 67.4 Å². The summed E-state index contributed by atoms with van der Waals surface area (Å²) < 4.78 is 119. The zero-order chi connectivity index (χ0) is 49.6. The highest BCUT2D eigenvalue weighted by Gasteiger charge is 2.45. The SMILES string of the molecule is CC1(C)C=C(CS(=O)(=O)O)c2cc3c(c4c2N1CCC4)Oc1c2c4c(cc1=C3c1n(CCCCCC(=O)ON3C(=O)CCC3=O)cc[n+]1CCCS(=O)(=O)O)C(CS(=O)(=O)O)=CC(C)(C)[N+]=4CCC2. The first-order valence-corrected chi connectivity index (χ1v) is 28.1. The largest absolute Gasteiger partial charge is 0.455 e. The molecule has 0 atom stereocenters. The number of nitrogens with zero attached hydrogens (tertiary/aromatic N) is 5. The van der Waals surface area contributed by atoms with E-state index in [1.807, 2.05) is 67.3 Å². The zero-order valence-corrected chi connectivity index (χ0v) is 41.4. The van der Waals surface area contributed by atoms with E-state index in [-0.39, 0.29) is 32.2 Å². The lowest BCUT2D eigenvalue weighted by Gasteiger charge is -2.47. The number of ether oxygens (including phenoxy) is 1. The van der Waals surface area contributed by atoms with Gasteiger partial charge in [0, 0.05) is 74.4 Å². The second kappa shape index (κ2) is 17.5. The molecule has 2 aromatic carbocycles. The van der Waals surface area contributed by atoms with E-state index in [9.17, 15) is 53.3 Å². The number of carbonyl (C=O) groups excluding carboxylic acids is 3. The van der Waals surface area contributed by atoms with Crippen molar-refractivity contribution in [2.24, 2.45) is 0 Å². The number of hydrogen-bond donors (Lipinski definition) is 3. The molecule has 19 nitrogen and oxygen atoms in total. The Balaban J connectivity index is 1.27. The molecule has 6 aliphatic heterocycles. The number of rotatable bonds is 16. The van der Waals surface area contributed by atoms with Gasteiger partial charge in [-0.05, 0) is 81.7 Å². The lowest BCUT2D eigenvalue weighted by Crippen LogP contribution is -2.54. The molecular weight excluding hydrogens is 955 g/mol. The molecule has 370 valence electrons. The highest BCUT2D eigenvalue weighted by atomic mass is 32.2. The van der Waals surface area contributed by atoms with Crippen molar-refractivity contribution in [3.8, 4) is 11.5 Å². The Morgan fingerprint density at radius 1 is 0.783 bits per heavy atom. The molecule has 1 saturated heterocycles. The van der Waals surface area contributed by atoms with Crippen molar-refractivity contribution in [3.05, 3.63) is 80.9 Å². The number of anilines is 1. The molecule has 6 aliphatic rings. The van der Waals surface area contributed by atoms with E-state index in [2.05, 4.69) is 9.48 Å². The van der Waals surface area contributed by atoms with Crippen LogP contribution in [0.25, 0.3) is 16.7 Å². The van der Waals surface area contributed by atoms with Crippen molar-refractivity contribution >= 4 is 70.5 Å². The monoisotopic (exact) mass is 1010 g/mol. The quantitative estimate of drug-likeness (QED) is 0.0632. The Bertz CT molecular complexity index is 3280. The number of imidazole rings is 1. The van der Waals surface area contributed by atoms with Gasteiger partial charge in [0.25, 0.3) is 48.0 Å². The van der Waals surface area contributed by atoms with E-state index in [1.54, 1.807) is 6.20 Å². The third-order valence-electron chi connectivity index (χ3n) is 13.9. The summed E-state index contributed by atoms with van der Waals surface area (Å²) in [5.74, 6) is -1.99. The van der Waals surface area contributed by atoms with E-state index < -0.39 is 76.5 Å². The number of unbranched alkanes of at least 4 members (excludes halogenated alkanes) is 2. The van der Waals surface area contributed by atoms with Crippen molar-refractivity contribution in [1.82, 2.24) is 14.2 Å². The van der Waals surface area contributed by atoms with Gasteiger partial charge in [-0.1, -0.05) is 6.08 Å². The number of fused-ring (bicyclic) bond motifs is 4. The van der Waals surface area contributed by atoms with Crippen LogP contribution in [0.3, 0.4) is 0 Å². The van der Waals surface area contributed by atoms with Crippen LogP contribution < -0.4 is 29.4 Å². The third-order valence-corrected chi connectivity index (χ3v) is 16.0. The number of carbonyl (C=O) groups is 3. The smallest absolute Gasteiger partial charge is 0.333 e. The zero-order valence-electron chi connectivity index (χ0n) is 39.0. The Morgan fingerprint density at radius 3 is 2.14 bits per heavy atom. The molecule has 0 saturated carbocycles. The molecule has 3 N–H and O–H groups in total. The van der Waals surface area contributed by atoms with Crippen LogP contribution >= 0.6 is 0 Å². The lowest BCUT2D eigenvalue weighted by molar-refractivity contribution is -0.698. The second-order valence-electron chi connectivity index (χ2n) is 19.8. The van der Waals surface area contributed by atoms with Gasteiger partial charge in [-0.2, -0.15) is 25.3 Å². The summed E-state index contributed by atoms with van der Waals surface area (Å²) in [6.07, 6.45) is 11.3. The van der Waals surface area contributed by atoms with Gasteiger partial charge in [0.15, 0.2) is 5.54 Å². The van der Waals surface area contributed by atoms with E-state index >= 15 is 0 Å². The average Bonchev–Trinajstić information content (AvgIpc) is 3.78. The topological polar surface area (TPSA) is 251 Å². The van der Waals surface area contributed by atoms with Gasteiger partial charge < -0.3 is 14.5 Å². The maximum Gasteiger partial charge on any atom is 0.333 e. The van der Waals surface area contributed by atoms with Crippen molar-refractivity contribution in [3.63, 3.8) is 0 Å². The summed E-state index contributed by atoms with van der Waals surface area (Å²) >= 11 is 0. The summed E-state index contributed by atoms with van der Waals surface area (Å²) in [5.41, 5.74) is 4.36. The van der Waals surface area contributed by atoms with E-state index in [4.69, 9.17) is 9.57 Å². The molecule has 1 aromatic heterocycles. The fourth-order valence-corrected chi connectivity index (χ4v) is 12.9. The van der Waals surface area contributed by atoms with E-state index in [1.165, 1.54) is 0 Å². The number of hydrogen-bond acceptors (Lipinski definition) is 12. The Morgan fingerprint density at radius 2 is 1.46 bits per heavy atom. The summed E-state index contributed by atoms with van der Waals surface area (Å²) in [4.78, 5) is 44.0. The molecule has 7 heterocycles. The number of amides is 2. The first-order valence-electron chi connectivity index (χ1n) is 23.3. The Kier molecular flexibility index (Phi) is 12.4. The molecule has 3 aromatic rings. The van der Waals surface area contributed by atoms with Gasteiger partial charge in [0.05, 0.1) is 46.8 Å². The van der Waals surface area contributed by atoms with Crippen LogP contribution in [0.15, 0.2) is 36.7 Å². The molecule has 0 aliphatic carbocycles. The normalized spacial score (nSPS) is 19.1. The van der Waals surface area contributed by atoms with Gasteiger partial charge in [-0.3, -0.25) is 23.2 Å². The summed E-state index contributed by atoms with van der Waals surface area (Å²) in [6, 6.07) is 3.77. The van der Waals surface area contributed by atoms with Crippen LogP contribution in [0.2, 0.25) is 0 Å². The molecule has 0 radical (unpaired) electrons. The molecule has 0 unspecified atom stereocenters. The van der Waals surface area contributed by atoms with Crippen LogP contribution in [-0.2, 0) is 75.5 Å². The van der Waals surface area contributed by atoms with Crippen molar-refractivity contribution in [2.75, 3.05) is 35.2 Å². The predicted molar refractivity (Wildman–Crippen MR) is 252 cm³/mol. The van der Waals surface area contributed by atoms with Crippen LogP contribution in [0.4, 0.5) is 5.69 Å². The Labute approximate surface area is 400 Å². The Hall–Kier alpha value is -5.26. The summed E-state index contributed by atoms with van der Waals surface area (Å²) in [5, 5.41) is 1.90. The summed E-state index contributed by atoms with van der Waals surface area (Å²) in [6.45, 7) is 9.81. The number of hydroxylamine groups is 2. The van der Waals surface area contributed by atoms with Crippen LogP contribution in [0.1, 0.15) is 119 Å². The summed E-state index contributed by atoms with van der Waals surface area (Å²) in [7, 11) is -13.4. The van der Waals surface area contributed by atoms with Gasteiger partial charge in [-0.15, -0.1) is 5.06 Å². The molecule has 69 heavy (non-hydrogen) atoms. The maximum atomic E-state index is 12.7. The standard InChI is InChI=1S/C47H55N5O14S3/c1-46(2)25-29(27-68(59,60)61)33-23-35-40(45-48(20-21-49(45)17-10-22-67(56,57)58)16-7-5-6-13-39(55)66-52-37(53)14-15-38(52)54)36-24-34-30(28-69(62,63)64)26-47(3,4)51-19-9-12-32(42(34)51)44(36)65-43(35)31-11-8-18-50(46)41(31)33/h20-21,23-26H,5-19,22,27-28H2,1-4H3,(H-2,56,57,58,59,60,61,62,63,64)/p+2. The van der Waals surface area contributed by atoms with Gasteiger partial charge in [0.2, 0.25) is 5.36 Å². The average molecular weight is 1010 g/mol. The first kappa shape index (κ1) is 48.8. The van der Waals surface area contributed by atoms with E-state index in [0.29, 0.717) is 113 Å². The van der Waals surface area contributed by atoms with Gasteiger partial charge in [0.1, 0.15) is 41.9 Å². The van der Waals surface area contributed by atoms with E-state index in [0.717, 1.165) is 35.0 Å². The highest BCUT2D eigenvalue weighted by molar-refractivity contribution is 7.86. The molecule has 1 fully saturated rings. The second-order valence-corrected chi connectivity index (χ2v) is 24.3. The van der Waals surface area contributed by atoms with Crippen molar-refractivity contribution in [1.29, 1.82) is 0 Å². The minimum atomic E-state index is -4.52. The number of benzene rings is 2. The molecule has 22 heteroatoms. The number of imide groups is 1. The first-order chi connectivity index (χ1) is 32.3. The lowest BCUT2D eigenvalue weighted by atomic mass is 9.80. The fraction of sp³-hybridized carbons (Fsp3) is 0.511. The molecular formula is C47H57N5O14S3+2. The van der Waals surface area contributed by atoms with Crippen LogP contribution in [0, 0.1) is 0 Å². The van der Waals surface area contributed by atoms with Crippen LogP contribution in [-0.4, -0.2) is 108 Å². The predicted octanol–water partition coefficient (Wildman–Crippen LogP) is 2.89. The molecule has 0 bridgehead atoms. The number of aromatic nitrogens is 2. The van der Waals surface area contributed by atoms with Crippen molar-refractivity contribution in [2.45, 2.75) is 122 Å². The van der Waals surface area contributed by atoms with Gasteiger partial charge >= 0.3 is 5.97 Å². The number of aryl methyl sites for hydroxylation is 2. The molecule has 9 rings (SSSR count). The third kappa shape index (κ3) is 9.54.